The predicted octanol–water partition coefficient (Wildman–Crippen LogP) is 4.66. The molecule has 0 amide bonds. The average molecular weight is 295 g/mol. The van der Waals surface area contributed by atoms with E-state index in [9.17, 15) is 22.0 Å². The van der Waals surface area contributed by atoms with Gasteiger partial charge >= 0.3 is 6.18 Å². The second-order valence-corrected chi connectivity index (χ2v) is 4.71. The number of benzene rings is 1. The highest BCUT2D eigenvalue weighted by Gasteiger charge is 2.28. The van der Waals surface area contributed by atoms with Crippen LogP contribution in [-0.4, -0.2) is 12.7 Å². The van der Waals surface area contributed by atoms with Crippen LogP contribution in [-0.2, 0) is 0 Å². The van der Waals surface area contributed by atoms with E-state index in [4.69, 9.17) is 0 Å². The molecule has 1 N–H and O–H groups in total. The smallest absolute Gasteiger partial charge is 0.310 e. The highest BCUT2D eigenvalue weighted by atomic mass is 19.4. The molecule has 0 radical (unpaired) electrons. The molecule has 1 nitrogen and oxygen atoms in total. The summed E-state index contributed by atoms with van der Waals surface area (Å²) in [4.78, 5) is 0. The van der Waals surface area contributed by atoms with Gasteiger partial charge in [0.2, 0.25) is 0 Å². The van der Waals surface area contributed by atoms with Gasteiger partial charge in [-0.3, -0.25) is 0 Å². The lowest BCUT2D eigenvalue weighted by molar-refractivity contribution is -0.135. The Bertz CT molecular complexity index is 442. The fraction of sp³-hybridized carbons (Fsp3) is 0.571. The summed E-state index contributed by atoms with van der Waals surface area (Å²) in [5.74, 6) is -1.42. The predicted molar refractivity (Wildman–Crippen MR) is 67.4 cm³/mol. The van der Waals surface area contributed by atoms with Crippen LogP contribution in [0.3, 0.4) is 0 Å². The first-order valence-electron chi connectivity index (χ1n) is 6.51. The minimum Gasteiger partial charge on any atom is -0.310 e. The van der Waals surface area contributed by atoms with Gasteiger partial charge in [0.25, 0.3) is 0 Å². The van der Waals surface area contributed by atoms with Crippen LogP contribution in [0.15, 0.2) is 12.1 Å². The molecule has 0 bridgehead atoms. The Hall–Kier alpha value is -1.17. The fourth-order valence-electron chi connectivity index (χ4n) is 2.10. The van der Waals surface area contributed by atoms with E-state index in [0.29, 0.717) is 6.54 Å². The van der Waals surface area contributed by atoms with Gasteiger partial charge in [-0.15, -0.1) is 0 Å². The number of hydrogen-bond donors (Lipinski definition) is 1. The lowest BCUT2D eigenvalue weighted by atomic mass is 9.97. The molecule has 6 heteroatoms. The van der Waals surface area contributed by atoms with E-state index in [2.05, 4.69) is 5.32 Å². The molecular weight excluding hydrogens is 277 g/mol. The van der Waals surface area contributed by atoms with Gasteiger partial charge in [0.05, 0.1) is 0 Å². The minimum absolute atomic E-state index is 0.0324. The third-order valence-electron chi connectivity index (χ3n) is 3.07. The molecule has 1 atom stereocenters. The molecule has 1 rings (SSSR count). The van der Waals surface area contributed by atoms with Gasteiger partial charge in [-0.25, -0.2) is 8.78 Å². The van der Waals surface area contributed by atoms with E-state index in [-0.39, 0.29) is 24.0 Å². The van der Waals surface area contributed by atoms with Gasteiger partial charge < -0.3 is 5.32 Å². The summed E-state index contributed by atoms with van der Waals surface area (Å²) in [7, 11) is 0. The number of nitrogens with one attached hydrogen (secondary N) is 1. The van der Waals surface area contributed by atoms with Crippen molar-refractivity contribution >= 4 is 0 Å². The largest absolute Gasteiger partial charge is 0.389 e. The molecule has 0 aromatic heterocycles. The van der Waals surface area contributed by atoms with Gasteiger partial charge in [0.15, 0.2) is 0 Å². The second-order valence-electron chi connectivity index (χ2n) is 4.71. The van der Waals surface area contributed by atoms with Crippen molar-refractivity contribution in [2.45, 2.75) is 45.3 Å². The molecule has 0 aliphatic rings. The van der Waals surface area contributed by atoms with Gasteiger partial charge in [0, 0.05) is 18.0 Å². The van der Waals surface area contributed by atoms with Gasteiger partial charge in [-0.2, -0.15) is 13.2 Å². The molecule has 1 unspecified atom stereocenters. The molecule has 0 saturated heterocycles. The van der Waals surface area contributed by atoms with Crippen molar-refractivity contribution in [1.82, 2.24) is 5.32 Å². The van der Waals surface area contributed by atoms with Crippen LogP contribution in [0, 0.1) is 18.6 Å². The average Bonchev–Trinajstić information content (AvgIpc) is 2.33. The number of aryl methyl sites for hydroxylation is 1. The highest BCUT2D eigenvalue weighted by Crippen LogP contribution is 2.29. The summed E-state index contributed by atoms with van der Waals surface area (Å²) in [5.41, 5.74) is 0.106. The van der Waals surface area contributed by atoms with Crippen molar-refractivity contribution in [1.29, 1.82) is 0 Å². The van der Waals surface area contributed by atoms with Crippen LogP contribution in [0.25, 0.3) is 0 Å². The van der Waals surface area contributed by atoms with E-state index in [1.165, 1.54) is 13.0 Å². The molecular formula is C14H18F5N. The summed E-state index contributed by atoms with van der Waals surface area (Å²) in [6.45, 7) is 3.66. The zero-order valence-electron chi connectivity index (χ0n) is 11.5. The Morgan fingerprint density at radius 2 is 1.85 bits per heavy atom. The molecule has 0 saturated carbocycles. The number of rotatable bonds is 6. The second kappa shape index (κ2) is 7.02. The maximum Gasteiger partial charge on any atom is 0.389 e. The van der Waals surface area contributed by atoms with E-state index in [0.717, 1.165) is 6.07 Å². The highest BCUT2D eigenvalue weighted by molar-refractivity contribution is 5.29. The van der Waals surface area contributed by atoms with Crippen molar-refractivity contribution in [3.63, 3.8) is 0 Å². The van der Waals surface area contributed by atoms with E-state index < -0.39 is 30.3 Å². The first-order valence-corrected chi connectivity index (χ1v) is 6.51. The zero-order valence-corrected chi connectivity index (χ0v) is 11.5. The van der Waals surface area contributed by atoms with Gasteiger partial charge in [0.1, 0.15) is 11.6 Å². The molecule has 114 valence electrons. The van der Waals surface area contributed by atoms with Crippen LogP contribution in [0.1, 0.15) is 43.4 Å². The normalized spacial score (nSPS) is 13.6. The summed E-state index contributed by atoms with van der Waals surface area (Å²) < 4.78 is 64.2. The Balaban J connectivity index is 2.88. The van der Waals surface area contributed by atoms with Crippen molar-refractivity contribution in [2.75, 3.05) is 6.54 Å². The molecule has 1 aromatic carbocycles. The third-order valence-corrected chi connectivity index (χ3v) is 3.07. The van der Waals surface area contributed by atoms with Crippen LogP contribution >= 0.6 is 0 Å². The monoisotopic (exact) mass is 295 g/mol. The maximum absolute atomic E-state index is 14.0. The molecule has 0 aliphatic carbocycles. The number of alkyl halides is 3. The molecule has 0 fully saturated rings. The first-order chi connectivity index (χ1) is 9.26. The Labute approximate surface area is 115 Å². The summed E-state index contributed by atoms with van der Waals surface area (Å²) in [6.07, 6.45) is -5.34. The summed E-state index contributed by atoms with van der Waals surface area (Å²) in [6, 6.07) is 1.71. The van der Waals surface area contributed by atoms with Crippen LogP contribution < -0.4 is 5.32 Å². The van der Waals surface area contributed by atoms with Gasteiger partial charge in [-0.05, 0) is 37.9 Å². The van der Waals surface area contributed by atoms with E-state index >= 15 is 0 Å². The van der Waals surface area contributed by atoms with Crippen LogP contribution in [0.5, 0.6) is 0 Å². The van der Waals surface area contributed by atoms with Crippen LogP contribution in [0.2, 0.25) is 0 Å². The molecule has 0 heterocycles. The summed E-state index contributed by atoms with van der Waals surface area (Å²) >= 11 is 0. The lowest BCUT2D eigenvalue weighted by Crippen LogP contribution is -2.24. The standard InChI is InChI=1S/C14H18F5N/c1-3-20-11(5-4-8-14(17,18)19)12-10(15)7-6-9(2)13(12)16/h6-7,11,20H,3-5,8H2,1-2H3. The molecule has 20 heavy (non-hydrogen) atoms. The van der Waals surface area contributed by atoms with Gasteiger partial charge in [-0.1, -0.05) is 13.0 Å². The molecule has 1 aromatic rings. The minimum atomic E-state index is -4.25. The lowest BCUT2D eigenvalue weighted by Gasteiger charge is -2.20. The maximum atomic E-state index is 14.0. The molecule has 0 aliphatic heterocycles. The zero-order chi connectivity index (χ0) is 15.3. The number of halogens is 5. The summed E-state index contributed by atoms with van der Waals surface area (Å²) in [5, 5.41) is 2.85. The van der Waals surface area contributed by atoms with Crippen molar-refractivity contribution < 1.29 is 22.0 Å². The Morgan fingerprint density at radius 3 is 2.40 bits per heavy atom. The van der Waals surface area contributed by atoms with Crippen LogP contribution in [0.4, 0.5) is 22.0 Å². The number of hydrogen-bond acceptors (Lipinski definition) is 1. The molecule has 0 spiro atoms. The van der Waals surface area contributed by atoms with E-state index in [1.807, 2.05) is 0 Å². The third kappa shape index (κ3) is 4.74. The quantitative estimate of drug-likeness (QED) is 0.753. The van der Waals surface area contributed by atoms with Crippen molar-refractivity contribution in [2.24, 2.45) is 0 Å². The Morgan fingerprint density at radius 1 is 1.20 bits per heavy atom. The van der Waals surface area contributed by atoms with E-state index in [1.54, 1.807) is 6.92 Å². The van der Waals surface area contributed by atoms with Crippen molar-refractivity contribution in [3.05, 3.63) is 34.9 Å². The van der Waals surface area contributed by atoms with Crippen molar-refractivity contribution in [3.8, 4) is 0 Å². The fourth-order valence-corrected chi connectivity index (χ4v) is 2.10. The SMILES string of the molecule is CCNC(CCCC(F)(F)F)c1c(F)ccc(C)c1F. The first kappa shape index (κ1) is 16.9. The Kier molecular flexibility index (Phi) is 5.92. The topological polar surface area (TPSA) is 12.0 Å².